The van der Waals surface area contributed by atoms with E-state index in [-0.39, 0.29) is 5.91 Å². The van der Waals surface area contributed by atoms with Crippen molar-refractivity contribution >= 4 is 29.1 Å². The second-order valence-corrected chi connectivity index (χ2v) is 6.93. The molecule has 2 bridgehead atoms. The van der Waals surface area contributed by atoms with Crippen LogP contribution in [0, 0.1) is 11.8 Å². The van der Waals surface area contributed by atoms with Gasteiger partial charge in [0.05, 0.1) is 0 Å². The molecule has 2 saturated carbocycles. The lowest BCUT2D eigenvalue weighted by Gasteiger charge is -2.22. The summed E-state index contributed by atoms with van der Waals surface area (Å²) in [7, 11) is 0. The third-order valence-electron chi connectivity index (χ3n) is 4.72. The van der Waals surface area contributed by atoms with Crippen molar-refractivity contribution in [3.05, 3.63) is 33.8 Å². The van der Waals surface area contributed by atoms with Gasteiger partial charge in [-0.3, -0.25) is 4.79 Å². The molecule has 0 saturated heterocycles. The van der Waals surface area contributed by atoms with Crippen molar-refractivity contribution in [3.63, 3.8) is 0 Å². The predicted octanol–water partition coefficient (Wildman–Crippen LogP) is 4.23. The van der Waals surface area contributed by atoms with Crippen LogP contribution in [0.2, 0.25) is 10.0 Å². The number of amides is 1. The monoisotopic (exact) mass is 311 g/mol. The maximum absolute atomic E-state index is 12.0. The van der Waals surface area contributed by atoms with Crippen LogP contribution in [0.5, 0.6) is 0 Å². The summed E-state index contributed by atoms with van der Waals surface area (Å²) in [6.07, 6.45) is 6.31. The van der Waals surface area contributed by atoms with Gasteiger partial charge in [-0.15, -0.1) is 0 Å². The molecule has 2 aliphatic rings. The van der Waals surface area contributed by atoms with Crippen LogP contribution in [-0.4, -0.2) is 11.9 Å². The Balaban J connectivity index is 1.49. The Kier molecular flexibility index (Phi) is 4.23. The zero-order chi connectivity index (χ0) is 14.1. The molecule has 1 amide bonds. The highest BCUT2D eigenvalue weighted by molar-refractivity contribution is 6.35. The highest BCUT2D eigenvalue weighted by Crippen LogP contribution is 2.44. The average molecular weight is 312 g/mol. The molecule has 108 valence electrons. The van der Waals surface area contributed by atoms with E-state index < -0.39 is 0 Å². The maximum atomic E-state index is 12.0. The quantitative estimate of drug-likeness (QED) is 0.885. The molecule has 1 aromatic carbocycles. The Hall–Kier alpha value is -0.730. The molecule has 0 aliphatic heterocycles. The summed E-state index contributed by atoms with van der Waals surface area (Å²) in [4.78, 5) is 12.0. The fourth-order valence-corrected chi connectivity index (χ4v) is 4.18. The van der Waals surface area contributed by atoms with E-state index in [1.807, 2.05) is 12.1 Å². The molecule has 20 heavy (non-hydrogen) atoms. The van der Waals surface area contributed by atoms with Gasteiger partial charge in [0.25, 0.3) is 0 Å². The van der Waals surface area contributed by atoms with Crippen LogP contribution in [0.4, 0.5) is 0 Å². The molecule has 0 radical (unpaired) electrons. The first-order chi connectivity index (χ1) is 9.61. The Labute approximate surface area is 129 Å². The molecule has 0 spiro atoms. The molecule has 2 fully saturated rings. The second-order valence-electron chi connectivity index (χ2n) is 6.08. The molecule has 0 aromatic heterocycles. The molecule has 0 heterocycles. The summed E-state index contributed by atoms with van der Waals surface area (Å²) in [5, 5.41) is 4.48. The number of fused-ring (bicyclic) bond motifs is 2. The van der Waals surface area contributed by atoms with Crippen LogP contribution in [0.15, 0.2) is 18.2 Å². The van der Waals surface area contributed by atoms with Crippen LogP contribution < -0.4 is 5.32 Å². The normalized spacial score (nSPS) is 27.8. The lowest BCUT2D eigenvalue weighted by atomic mass is 9.95. The number of rotatable bonds is 4. The zero-order valence-corrected chi connectivity index (χ0v) is 12.9. The largest absolute Gasteiger partial charge is 0.353 e. The van der Waals surface area contributed by atoms with Crippen LogP contribution >= 0.6 is 23.2 Å². The van der Waals surface area contributed by atoms with E-state index in [2.05, 4.69) is 5.32 Å². The van der Waals surface area contributed by atoms with E-state index in [1.54, 1.807) is 6.07 Å². The summed E-state index contributed by atoms with van der Waals surface area (Å²) in [6, 6.07) is 5.86. The lowest BCUT2D eigenvalue weighted by Crippen LogP contribution is -2.38. The van der Waals surface area contributed by atoms with Gasteiger partial charge >= 0.3 is 0 Å². The number of carbonyl (C=O) groups is 1. The van der Waals surface area contributed by atoms with Crippen molar-refractivity contribution in [2.75, 3.05) is 0 Å². The van der Waals surface area contributed by atoms with Gasteiger partial charge in [-0.1, -0.05) is 35.7 Å². The fourth-order valence-electron chi connectivity index (χ4n) is 3.67. The highest BCUT2D eigenvalue weighted by Gasteiger charge is 2.39. The number of carbonyl (C=O) groups excluding carboxylic acids is 1. The SMILES string of the molecule is O=C(CCc1ccc(Cl)cc1Cl)N[C@H]1C[C@H]2CC[C@@H]1C2. The summed E-state index contributed by atoms with van der Waals surface area (Å²) in [6.45, 7) is 0. The van der Waals surface area contributed by atoms with E-state index in [1.165, 1.54) is 25.7 Å². The maximum Gasteiger partial charge on any atom is 0.220 e. The van der Waals surface area contributed by atoms with E-state index in [0.29, 0.717) is 28.9 Å². The third kappa shape index (κ3) is 3.12. The molecule has 3 rings (SSSR count). The number of halogens is 2. The molecule has 1 N–H and O–H groups in total. The van der Waals surface area contributed by atoms with Gasteiger partial charge in [-0.2, -0.15) is 0 Å². The van der Waals surface area contributed by atoms with Crippen molar-refractivity contribution in [2.45, 2.75) is 44.6 Å². The van der Waals surface area contributed by atoms with Gasteiger partial charge in [-0.25, -0.2) is 0 Å². The van der Waals surface area contributed by atoms with E-state index >= 15 is 0 Å². The predicted molar refractivity (Wildman–Crippen MR) is 82.2 cm³/mol. The van der Waals surface area contributed by atoms with Gasteiger partial charge in [0.15, 0.2) is 0 Å². The van der Waals surface area contributed by atoms with Gasteiger partial charge in [0.1, 0.15) is 0 Å². The van der Waals surface area contributed by atoms with Crippen LogP contribution in [0.25, 0.3) is 0 Å². The number of nitrogens with one attached hydrogen (secondary N) is 1. The zero-order valence-electron chi connectivity index (χ0n) is 11.4. The summed E-state index contributed by atoms with van der Waals surface area (Å²) in [5.41, 5.74) is 0.985. The number of benzene rings is 1. The number of hydrogen-bond donors (Lipinski definition) is 1. The molecule has 2 aliphatic carbocycles. The van der Waals surface area contributed by atoms with Crippen LogP contribution in [-0.2, 0) is 11.2 Å². The first-order valence-electron chi connectivity index (χ1n) is 7.35. The van der Waals surface area contributed by atoms with E-state index in [4.69, 9.17) is 23.2 Å². The third-order valence-corrected chi connectivity index (χ3v) is 5.31. The van der Waals surface area contributed by atoms with Crippen molar-refractivity contribution in [3.8, 4) is 0 Å². The van der Waals surface area contributed by atoms with Crippen LogP contribution in [0.1, 0.15) is 37.7 Å². The summed E-state index contributed by atoms with van der Waals surface area (Å²) in [5.74, 6) is 1.73. The van der Waals surface area contributed by atoms with Crippen molar-refractivity contribution in [1.82, 2.24) is 5.32 Å². The van der Waals surface area contributed by atoms with E-state index in [0.717, 1.165) is 17.4 Å². The Morgan fingerprint density at radius 2 is 2.10 bits per heavy atom. The Morgan fingerprint density at radius 3 is 2.75 bits per heavy atom. The lowest BCUT2D eigenvalue weighted by molar-refractivity contribution is -0.122. The number of hydrogen-bond acceptors (Lipinski definition) is 1. The Morgan fingerprint density at radius 1 is 1.25 bits per heavy atom. The summed E-state index contributed by atoms with van der Waals surface area (Å²) >= 11 is 12.0. The minimum absolute atomic E-state index is 0.147. The average Bonchev–Trinajstić information content (AvgIpc) is 3.00. The van der Waals surface area contributed by atoms with Crippen molar-refractivity contribution in [1.29, 1.82) is 0 Å². The summed E-state index contributed by atoms with van der Waals surface area (Å²) < 4.78 is 0. The molecule has 0 unspecified atom stereocenters. The highest BCUT2D eigenvalue weighted by atomic mass is 35.5. The van der Waals surface area contributed by atoms with Gasteiger partial charge in [0.2, 0.25) is 5.91 Å². The minimum atomic E-state index is 0.147. The van der Waals surface area contributed by atoms with Crippen LogP contribution in [0.3, 0.4) is 0 Å². The minimum Gasteiger partial charge on any atom is -0.353 e. The molecule has 1 aromatic rings. The van der Waals surface area contributed by atoms with Crippen molar-refractivity contribution in [2.24, 2.45) is 11.8 Å². The van der Waals surface area contributed by atoms with E-state index in [9.17, 15) is 4.79 Å². The topological polar surface area (TPSA) is 29.1 Å². The van der Waals surface area contributed by atoms with Gasteiger partial charge in [-0.05, 0) is 55.2 Å². The fraction of sp³-hybridized carbons (Fsp3) is 0.562. The second kappa shape index (κ2) is 5.95. The first-order valence-corrected chi connectivity index (χ1v) is 8.10. The standard InChI is InChI=1S/C16H19Cl2NO/c17-13-5-3-11(14(18)9-13)4-6-16(20)19-15-8-10-1-2-12(15)7-10/h3,5,9-10,12,15H,1-2,4,6-8H2,(H,19,20)/t10-,12+,15-/m0/s1. The molecular formula is C16H19Cl2NO. The molecule has 2 nitrogen and oxygen atoms in total. The molecule has 4 heteroatoms. The molecule has 3 atom stereocenters. The number of aryl methyl sites for hydroxylation is 1. The van der Waals surface area contributed by atoms with Crippen molar-refractivity contribution < 1.29 is 4.79 Å². The van der Waals surface area contributed by atoms with Gasteiger partial charge in [0, 0.05) is 22.5 Å². The van der Waals surface area contributed by atoms with Gasteiger partial charge < -0.3 is 5.32 Å². The first kappa shape index (κ1) is 14.2. The Bertz CT molecular complexity index is 517. The smallest absolute Gasteiger partial charge is 0.220 e. The molecular weight excluding hydrogens is 293 g/mol.